The van der Waals surface area contributed by atoms with E-state index >= 15 is 0 Å². The fourth-order valence-corrected chi connectivity index (χ4v) is 8.20. The third-order valence-corrected chi connectivity index (χ3v) is 10.6. The smallest absolute Gasteiger partial charge is 0.253 e. The van der Waals surface area contributed by atoms with Crippen molar-refractivity contribution in [3.8, 4) is 11.5 Å². The van der Waals surface area contributed by atoms with Gasteiger partial charge in [-0.05, 0) is 55.0 Å². The van der Waals surface area contributed by atoms with Crippen LogP contribution in [0.25, 0.3) is 0 Å². The molecule has 40 heavy (non-hydrogen) atoms. The van der Waals surface area contributed by atoms with Crippen LogP contribution in [0.1, 0.15) is 36.8 Å². The molecule has 0 spiro atoms. The summed E-state index contributed by atoms with van der Waals surface area (Å²) in [6, 6.07) is 12.0. The van der Waals surface area contributed by atoms with E-state index in [4.69, 9.17) is 27.9 Å². The van der Waals surface area contributed by atoms with Crippen molar-refractivity contribution < 1.29 is 29.0 Å². The fraction of sp³-hybridized carbons (Fsp3) is 0.400. The second kappa shape index (κ2) is 9.08. The Morgan fingerprint density at radius 2 is 1.70 bits per heavy atom. The van der Waals surface area contributed by atoms with Crippen LogP contribution in [0.2, 0.25) is 0 Å². The molecule has 6 unspecified atom stereocenters. The Kier molecular flexibility index (Phi) is 6.09. The van der Waals surface area contributed by atoms with Crippen LogP contribution < -0.4 is 9.64 Å². The molecule has 0 radical (unpaired) electrons. The van der Waals surface area contributed by atoms with E-state index in [1.807, 2.05) is 25.1 Å². The van der Waals surface area contributed by atoms with E-state index in [2.05, 4.69) is 0 Å². The lowest BCUT2D eigenvalue weighted by atomic mass is 9.56. The lowest BCUT2D eigenvalue weighted by Crippen LogP contribution is -2.60. The molecule has 4 aliphatic rings. The minimum absolute atomic E-state index is 0.117. The minimum Gasteiger partial charge on any atom is -0.508 e. The average molecular weight is 583 g/mol. The van der Waals surface area contributed by atoms with E-state index in [-0.39, 0.29) is 41.7 Å². The van der Waals surface area contributed by atoms with Gasteiger partial charge in [-0.3, -0.25) is 29.0 Å². The number of hydrogen-bond acceptors (Lipinski definition) is 6. The molecule has 4 amide bonds. The third-order valence-electron chi connectivity index (χ3n) is 9.17. The second-order valence-electron chi connectivity index (χ2n) is 10.9. The molecule has 2 heterocycles. The first kappa shape index (κ1) is 26.8. The number of anilines is 1. The van der Waals surface area contributed by atoms with Crippen molar-refractivity contribution in [1.29, 1.82) is 0 Å². The maximum Gasteiger partial charge on any atom is 0.253 e. The summed E-state index contributed by atoms with van der Waals surface area (Å²) in [4.78, 5) is 53.2. The number of methoxy groups -OCH3 is 1. The number of imide groups is 2. The Labute approximate surface area is 241 Å². The number of phenolic OH excluding ortho intramolecular Hbond substituents is 1. The Hall–Kier alpha value is -3.36. The molecule has 8 nitrogen and oxygen atoms in total. The summed E-state index contributed by atoms with van der Waals surface area (Å²) < 4.78 is 5.56. The number of aromatic hydroxyl groups is 1. The van der Waals surface area contributed by atoms with Crippen molar-refractivity contribution in [3.63, 3.8) is 0 Å². The zero-order chi connectivity index (χ0) is 28.7. The summed E-state index contributed by atoms with van der Waals surface area (Å²) in [5, 5.41) is 11.1. The molecular weight excluding hydrogens is 555 g/mol. The minimum atomic E-state index is -2.00. The highest BCUT2D eigenvalue weighted by atomic mass is 35.5. The lowest BCUT2D eigenvalue weighted by molar-refractivity contribution is -0.138. The van der Waals surface area contributed by atoms with Gasteiger partial charge < -0.3 is 9.84 Å². The number of rotatable bonds is 4. The number of carbonyl (C=O) groups is 4. The van der Waals surface area contributed by atoms with Crippen LogP contribution in [0.4, 0.5) is 5.69 Å². The van der Waals surface area contributed by atoms with Crippen LogP contribution in [-0.4, -0.2) is 57.5 Å². The molecule has 0 aromatic heterocycles. The first-order valence-electron chi connectivity index (χ1n) is 13.2. The highest BCUT2D eigenvalue weighted by Gasteiger charge is 2.76. The van der Waals surface area contributed by atoms with Crippen LogP contribution in [0.5, 0.6) is 11.5 Å². The Bertz CT molecular complexity index is 1510. The number of hydrogen-bond donors (Lipinski definition) is 1. The van der Waals surface area contributed by atoms with Gasteiger partial charge in [0.05, 0.1) is 24.6 Å². The van der Waals surface area contributed by atoms with Gasteiger partial charge in [-0.25, -0.2) is 0 Å². The lowest BCUT2D eigenvalue weighted by Gasteiger charge is -2.50. The summed E-state index contributed by atoms with van der Waals surface area (Å²) >= 11 is 14.3. The number of carbonyl (C=O) groups excluding carboxylic acids is 4. The van der Waals surface area contributed by atoms with Gasteiger partial charge in [0.1, 0.15) is 11.5 Å². The van der Waals surface area contributed by atoms with E-state index in [0.29, 0.717) is 11.3 Å². The normalized spacial score (nSPS) is 33.1. The number of nitrogens with zero attached hydrogens (tertiary/aromatic N) is 2. The maximum atomic E-state index is 14.0. The van der Waals surface area contributed by atoms with E-state index in [1.54, 1.807) is 24.3 Å². The van der Waals surface area contributed by atoms with Gasteiger partial charge in [0, 0.05) is 18.5 Å². The molecule has 1 saturated carbocycles. The van der Waals surface area contributed by atoms with Crippen LogP contribution in [0.3, 0.4) is 0 Å². The van der Waals surface area contributed by atoms with Crippen LogP contribution in [-0.2, 0) is 25.6 Å². The predicted molar refractivity (Wildman–Crippen MR) is 148 cm³/mol. The molecule has 2 aliphatic carbocycles. The van der Waals surface area contributed by atoms with Gasteiger partial charge >= 0.3 is 0 Å². The van der Waals surface area contributed by atoms with E-state index < -0.39 is 45.2 Å². The number of amides is 4. The van der Waals surface area contributed by atoms with Crippen LogP contribution >= 0.6 is 23.2 Å². The number of allylic oxidation sites excluding steroid dienone is 2. The molecule has 0 bridgehead atoms. The van der Waals surface area contributed by atoms with E-state index in [9.17, 15) is 24.3 Å². The first-order valence-corrected chi connectivity index (χ1v) is 14.0. The van der Waals surface area contributed by atoms with Gasteiger partial charge in [0.15, 0.2) is 9.75 Å². The largest absolute Gasteiger partial charge is 0.508 e. The van der Waals surface area contributed by atoms with Crippen molar-refractivity contribution in [2.24, 2.45) is 17.8 Å². The van der Waals surface area contributed by atoms with Gasteiger partial charge in [0.25, 0.3) is 11.8 Å². The molecule has 6 atom stereocenters. The summed E-state index contributed by atoms with van der Waals surface area (Å²) in [6.45, 7) is 2.02. The molecule has 2 aromatic carbocycles. The molecule has 10 heteroatoms. The molecular formula is C30H28Cl2N2O6. The molecule has 208 valence electrons. The topological polar surface area (TPSA) is 104 Å². The third kappa shape index (κ3) is 3.26. The first-order chi connectivity index (χ1) is 19.0. The van der Waals surface area contributed by atoms with Gasteiger partial charge in [-0.2, -0.15) is 0 Å². The zero-order valence-electron chi connectivity index (χ0n) is 22.2. The summed E-state index contributed by atoms with van der Waals surface area (Å²) in [6.07, 6.45) is 2.76. The number of fused-ring (bicyclic) bond motifs is 4. The summed E-state index contributed by atoms with van der Waals surface area (Å²) in [5.74, 6) is -5.26. The predicted octanol–water partition coefficient (Wildman–Crippen LogP) is 4.16. The molecule has 3 fully saturated rings. The van der Waals surface area contributed by atoms with Crippen molar-refractivity contribution in [2.45, 2.75) is 41.9 Å². The van der Waals surface area contributed by atoms with Gasteiger partial charge in [0.2, 0.25) is 11.8 Å². The summed E-state index contributed by atoms with van der Waals surface area (Å²) in [5.41, 5.74) is 2.36. The molecule has 2 saturated heterocycles. The number of aryl methyl sites for hydroxylation is 1. The summed E-state index contributed by atoms with van der Waals surface area (Å²) in [7, 11) is 2.75. The Morgan fingerprint density at radius 1 is 1.00 bits per heavy atom. The number of likely N-dealkylation sites (tertiary alicyclic amines) is 1. The highest BCUT2D eigenvalue weighted by molar-refractivity contribution is 6.53. The molecule has 1 N–H and O–H groups in total. The second-order valence-corrected chi connectivity index (χ2v) is 12.2. The van der Waals surface area contributed by atoms with Crippen LogP contribution in [0, 0.1) is 17.8 Å². The number of alkyl halides is 2. The monoisotopic (exact) mass is 582 g/mol. The van der Waals surface area contributed by atoms with Crippen molar-refractivity contribution >= 4 is 52.5 Å². The molecule has 6 rings (SSSR count). The van der Waals surface area contributed by atoms with E-state index in [0.717, 1.165) is 16.9 Å². The van der Waals surface area contributed by atoms with Crippen molar-refractivity contribution in [1.82, 2.24) is 4.90 Å². The van der Waals surface area contributed by atoms with E-state index in [1.165, 1.54) is 25.1 Å². The average Bonchev–Trinajstić information content (AvgIpc) is 3.28. The SMILES string of the molecule is CCc1ccc(N2C(=O)C3CC=C4C(CC5(Cl)C(=O)N(C)C(=O)C5(Cl)C4c4c(O)cccc4OC)C3C2=O)cc1. The number of halogens is 2. The van der Waals surface area contributed by atoms with Gasteiger partial charge in [-0.15, -0.1) is 23.2 Å². The standard InChI is InChI=1S/C30H28Cl2N2O6/c1-4-15-8-10-16(11-9-15)34-25(36)18-13-12-17-19(22(18)26(34)37)14-29(31)27(38)33(2)28(39)30(29,32)24(17)23-20(35)6-5-7-21(23)40-3/h5-12,18-19,22,24,35H,4,13-14H2,1-3H3. The Balaban J connectivity index is 1.53. The number of benzene rings is 2. The molecule has 2 aliphatic heterocycles. The maximum absolute atomic E-state index is 14.0. The van der Waals surface area contributed by atoms with Crippen molar-refractivity contribution in [3.05, 3.63) is 65.2 Å². The molecule has 2 aromatic rings. The zero-order valence-corrected chi connectivity index (χ0v) is 23.7. The van der Waals surface area contributed by atoms with Crippen molar-refractivity contribution in [2.75, 3.05) is 19.1 Å². The number of phenols is 1. The highest BCUT2D eigenvalue weighted by Crippen LogP contribution is 2.66. The fourth-order valence-electron chi connectivity index (χ4n) is 7.20. The van der Waals surface area contributed by atoms with Crippen LogP contribution in [0.15, 0.2) is 54.1 Å². The Morgan fingerprint density at radius 3 is 2.35 bits per heavy atom. The van der Waals surface area contributed by atoms with Gasteiger partial charge in [-0.1, -0.05) is 36.8 Å². The number of ether oxygens (including phenoxy) is 1. The quantitative estimate of drug-likeness (QED) is 0.330.